The number of rotatable bonds is 4. The van der Waals surface area contributed by atoms with Crippen LogP contribution in [-0.4, -0.2) is 0 Å². The van der Waals surface area contributed by atoms with E-state index in [0.29, 0.717) is 6.54 Å². The van der Waals surface area contributed by atoms with Gasteiger partial charge in [0.25, 0.3) is 0 Å². The van der Waals surface area contributed by atoms with Crippen molar-refractivity contribution in [2.45, 2.75) is 13.2 Å². The van der Waals surface area contributed by atoms with Crippen molar-refractivity contribution in [2.75, 3.05) is 0 Å². The summed E-state index contributed by atoms with van der Waals surface area (Å²) in [5.74, 6) is -1.16. The molecule has 0 bridgehead atoms. The van der Waals surface area contributed by atoms with Crippen molar-refractivity contribution in [3.63, 3.8) is 0 Å². The van der Waals surface area contributed by atoms with E-state index in [1.165, 1.54) is 0 Å². The van der Waals surface area contributed by atoms with Crippen LogP contribution < -0.4 is 10.5 Å². The van der Waals surface area contributed by atoms with Gasteiger partial charge in [0.1, 0.15) is 24.0 Å². The molecule has 5 heteroatoms. The summed E-state index contributed by atoms with van der Waals surface area (Å²) in [5.41, 5.74) is 7.40. The fourth-order valence-electron chi connectivity index (χ4n) is 1.61. The number of halogens is 3. The van der Waals surface area contributed by atoms with E-state index in [-0.39, 0.29) is 12.4 Å². The van der Waals surface area contributed by atoms with E-state index < -0.39 is 11.6 Å². The highest BCUT2D eigenvalue weighted by atomic mass is 79.9. The molecule has 2 N–H and O–H groups in total. The highest BCUT2D eigenvalue weighted by molar-refractivity contribution is 9.10. The number of benzene rings is 2. The second kappa shape index (κ2) is 6.12. The molecule has 0 fully saturated rings. The molecule has 0 atom stereocenters. The van der Waals surface area contributed by atoms with Crippen LogP contribution in [0.15, 0.2) is 40.9 Å². The predicted octanol–water partition coefficient (Wildman–Crippen LogP) is 3.77. The average molecular weight is 328 g/mol. The Kier molecular flexibility index (Phi) is 4.50. The van der Waals surface area contributed by atoms with E-state index in [4.69, 9.17) is 10.5 Å². The molecule has 0 spiro atoms. The number of hydrogen-bond acceptors (Lipinski definition) is 2. The third-order valence-electron chi connectivity index (χ3n) is 2.58. The smallest absolute Gasteiger partial charge is 0.129 e. The molecule has 0 aliphatic rings. The van der Waals surface area contributed by atoms with Crippen molar-refractivity contribution in [1.82, 2.24) is 0 Å². The molecular formula is C14H12BrF2NO. The fourth-order valence-corrected chi connectivity index (χ4v) is 2.15. The van der Waals surface area contributed by atoms with E-state index >= 15 is 0 Å². The summed E-state index contributed by atoms with van der Waals surface area (Å²) < 4.78 is 32.2. The molecule has 0 aromatic heterocycles. The molecule has 0 unspecified atom stereocenters. The lowest BCUT2D eigenvalue weighted by molar-refractivity contribution is 0.302. The zero-order valence-electron chi connectivity index (χ0n) is 10.00. The normalized spacial score (nSPS) is 10.5. The Morgan fingerprint density at radius 2 is 1.74 bits per heavy atom. The van der Waals surface area contributed by atoms with E-state index in [9.17, 15) is 8.78 Å². The first-order valence-electron chi connectivity index (χ1n) is 5.65. The second-order valence-electron chi connectivity index (χ2n) is 4.02. The Morgan fingerprint density at radius 3 is 2.32 bits per heavy atom. The SMILES string of the molecule is NCc1ccc(COc2cc(F)cc(F)c2)c(Br)c1. The lowest BCUT2D eigenvalue weighted by Crippen LogP contribution is -2.00. The second-order valence-corrected chi connectivity index (χ2v) is 4.88. The van der Waals surface area contributed by atoms with Crippen molar-refractivity contribution in [3.05, 3.63) is 63.6 Å². The van der Waals surface area contributed by atoms with Gasteiger partial charge in [-0.25, -0.2) is 8.78 Å². The summed E-state index contributed by atoms with van der Waals surface area (Å²) in [5, 5.41) is 0. The lowest BCUT2D eigenvalue weighted by Gasteiger charge is -2.09. The summed E-state index contributed by atoms with van der Waals surface area (Å²) in [6.45, 7) is 0.670. The van der Waals surface area contributed by atoms with Crippen molar-refractivity contribution in [2.24, 2.45) is 5.73 Å². The van der Waals surface area contributed by atoms with Gasteiger partial charge in [-0.1, -0.05) is 28.1 Å². The number of ether oxygens (including phenoxy) is 1. The highest BCUT2D eigenvalue weighted by Crippen LogP contribution is 2.22. The van der Waals surface area contributed by atoms with Crippen LogP contribution in [0.3, 0.4) is 0 Å². The topological polar surface area (TPSA) is 35.2 Å². The Morgan fingerprint density at radius 1 is 1.05 bits per heavy atom. The minimum absolute atomic E-state index is 0.160. The molecular weight excluding hydrogens is 316 g/mol. The molecule has 0 aliphatic heterocycles. The molecule has 0 radical (unpaired) electrons. The van der Waals surface area contributed by atoms with Crippen LogP contribution in [0.1, 0.15) is 11.1 Å². The van der Waals surface area contributed by atoms with Crippen LogP contribution in [-0.2, 0) is 13.2 Å². The molecule has 2 nitrogen and oxygen atoms in total. The van der Waals surface area contributed by atoms with Gasteiger partial charge < -0.3 is 10.5 Å². The van der Waals surface area contributed by atoms with Crippen molar-refractivity contribution >= 4 is 15.9 Å². The zero-order chi connectivity index (χ0) is 13.8. The van der Waals surface area contributed by atoms with Crippen LogP contribution in [0.2, 0.25) is 0 Å². The predicted molar refractivity (Wildman–Crippen MR) is 72.7 cm³/mol. The first-order valence-corrected chi connectivity index (χ1v) is 6.44. The van der Waals surface area contributed by atoms with Gasteiger partial charge in [0.15, 0.2) is 0 Å². The summed E-state index contributed by atoms with van der Waals surface area (Å²) >= 11 is 3.41. The first kappa shape index (κ1) is 14.0. The molecule has 0 amide bonds. The maximum absolute atomic E-state index is 13.0. The van der Waals surface area contributed by atoms with Crippen LogP contribution in [0.25, 0.3) is 0 Å². The Labute approximate surface area is 118 Å². The molecule has 100 valence electrons. The van der Waals surface area contributed by atoms with Crippen LogP contribution in [0, 0.1) is 11.6 Å². The molecule has 0 heterocycles. The summed E-state index contributed by atoms with van der Waals surface area (Å²) in [6, 6.07) is 8.73. The molecule has 0 aliphatic carbocycles. The highest BCUT2D eigenvalue weighted by Gasteiger charge is 2.05. The van der Waals surface area contributed by atoms with Gasteiger partial charge in [-0.2, -0.15) is 0 Å². The summed E-state index contributed by atoms with van der Waals surface area (Å²) in [4.78, 5) is 0. The van der Waals surface area contributed by atoms with Crippen LogP contribution >= 0.6 is 15.9 Å². The van der Waals surface area contributed by atoms with Crippen molar-refractivity contribution in [3.8, 4) is 5.75 Å². The third kappa shape index (κ3) is 3.75. The monoisotopic (exact) mass is 327 g/mol. The zero-order valence-corrected chi connectivity index (χ0v) is 11.6. The Hall–Kier alpha value is -1.46. The van der Waals surface area contributed by atoms with E-state index in [1.54, 1.807) is 0 Å². The summed E-state index contributed by atoms with van der Waals surface area (Å²) in [7, 11) is 0. The molecule has 0 saturated heterocycles. The van der Waals surface area contributed by atoms with Gasteiger partial charge in [-0.05, 0) is 11.6 Å². The van der Waals surface area contributed by atoms with Crippen molar-refractivity contribution in [1.29, 1.82) is 0 Å². The largest absolute Gasteiger partial charge is 0.489 e. The quantitative estimate of drug-likeness (QED) is 0.927. The maximum Gasteiger partial charge on any atom is 0.129 e. The minimum Gasteiger partial charge on any atom is -0.489 e. The van der Waals surface area contributed by atoms with Crippen molar-refractivity contribution < 1.29 is 13.5 Å². The van der Waals surface area contributed by atoms with Gasteiger partial charge >= 0.3 is 0 Å². The number of nitrogens with two attached hydrogens (primary N) is 1. The Balaban J connectivity index is 2.10. The van der Waals surface area contributed by atoms with Gasteiger partial charge in [0.2, 0.25) is 0 Å². The average Bonchev–Trinajstić information content (AvgIpc) is 2.36. The maximum atomic E-state index is 13.0. The van der Waals surface area contributed by atoms with Gasteiger partial charge in [-0.3, -0.25) is 0 Å². The lowest BCUT2D eigenvalue weighted by atomic mass is 10.1. The van der Waals surface area contributed by atoms with Gasteiger partial charge in [-0.15, -0.1) is 0 Å². The summed E-state index contributed by atoms with van der Waals surface area (Å²) in [6.07, 6.45) is 0. The Bertz CT molecular complexity index is 569. The first-order chi connectivity index (χ1) is 9.08. The third-order valence-corrected chi connectivity index (χ3v) is 3.32. The fraction of sp³-hybridized carbons (Fsp3) is 0.143. The molecule has 2 rings (SSSR count). The standard InChI is InChI=1S/C14H12BrF2NO/c15-14-3-9(7-18)1-2-10(14)8-19-13-5-11(16)4-12(17)6-13/h1-6H,7-8,18H2. The molecule has 2 aromatic rings. The van der Waals surface area contributed by atoms with E-state index in [2.05, 4.69) is 15.9 Å². The molecule has 0 saturated carbocycles. The van der Waals surface area contributed by atoms with Crippen LogP contribution in [0.5, 0.6) is 5.75 Å². The minimum atomic E-state index is -0.660. The number of hydrogen-bond donors (Lipinski definition) is 1. The van der Waals surface area contributed by atoms with E-state index in [1.807, 2.05) is 18.2 Å². The van der Waals surface area contributed by atoms with E-state index in [0.717, 1.165) is 33.8 Å². The van der Waals surface area contributed by atoms with Gasteiger partial charge in [0.05, 0.1) is 0 Å². The van der Waals surface area contributed by atoms with Crippen LogP contribution in [0.4, 0.5) is 8.78 Å². The molecule has 2 aromatic carbocycles. The van der Waals surface area contributed by atoms with Gasteiger partial charge in [0, 0.05) is 34.8 Å². The molecule has 19 heavy (non-hydrogen) atoms.